The van der Waals surface area contributed by atoms with Gasteiger partial charge in [0.2, 0.25) is 0 Å². The first-order valence-corrected chi connectivity index (χ1v) is 38.2. The molecule has 3 nitrogen and oxygen atoms in total. The van der Waals surface area contributed by atoms with Gasteiger partial charge < -0.3 is 14.7 Å². The van der Waals surface area contributed by atoms with Crippen molar-refractivity contribution in [2.75, 3.05) is 14.7 Å². The van der Waals surface area contributed by atoms with Crippen LogP contribution >= 0.6 is 0 Å². The summed E-state index contributed by atoms with van der Waals surface area (Å²) in [6.45, 7) is 13.8. The van der Waals surface area contributed by atoms with Crippen molar-refractivity contribution in [3.05, 3.63) is 387 Å². The zero-order valence-corrected chi connectivity index (χ0v) is 60.2. The molecule has 2 aliphatic rings. The fourth-order valence-electron chi connectivity index (χ4n) is 16.3. The predicted molar refractivity (Wildman–Crippen MR) is 443 cm³/mol. The van der Waals surface area contributed by atoms with E-state index < -0.39 is 8.07 Å². The van der Waals surface area contributed by atoms with Crippen LogP contribution in [-0.2, 0) is 10.8 Å². The number of hydrogen-bond acceptors (Lipinski definition) is 3. The maximum absolute atomic E-state index is 3.20. The van der Waals surface area contributed by atoms with Gasteiger partial charge >= 0.3 is 0 Å². The molecule has 0 fully saturated rings. The molecule has 0 atom stereocenters. The number of fused-ring (bicyclic) bond motifs is 4. The smallest absolute Gasteiger partial charge is 0.252 e. The SMILES string of the molecule is CC(C)(C)c1cc(-c2ccccc2)c(N2c3ccc([Si](c4ccccc4)(c4ccccc4)c4ccccc4)cc3B3c4ccc(N(c5ccccc5)c5ccccc5)cc4N(c4c(-c5ccccc5)cc(C(C)(C)C)cc4-c4ccccc4)c4cc(-c5ccccc5)cc2c43)c(-c2ccccc2)c1. The Hall–Kier alpha value is -12.0. The van der Waals surface area contributed by atoms with E-state index in [1.54, 1.807) is 0 Å². The average molecular weight is 1340 g/mol. The molecule has 2 aliphatic heterocycles. The summed E-state index contributed by atoms with van der Waals surface area (Å²) in [5.74, 6) is 0. The van der Waals surface area contributed by atoms with Crippen molar-refractivity contribution in [1.29, 1.82) is 0 Å². The van der Waals surface area contributed by atoms with E-state index in [2.05, 4.69) is 432 Å². The summed E-state index contributed by atoms with van der Waals surface area (Å²) in [6, 6.07) is 142. The zero-order valence-electron chi connectivity index (χ0n) is 59.2. The summed E-state index contributed by atoms with van der Waals surface area (Å²) in [6.07, 6.45) is 0. The summed E-state index contributed by atoms with van der Waals surface area (Å²) >= 11 is 0. The van der Waals surface area contributed by atoms with Crippen LogP contribution in [-0.4, -0.2) is 14.8 Å². The van der Waals surface area contributed by atoms with E-state index in [1.807, 2.05) is 0 Å². The monoisotopic (exact) mass is 1340 g/mol. The molecule has 2 heterocycles. The molecule has 0 bridgehead atoms. The lowest BCUT2D eigenvalue weighted by molar-refractivity contribution is 0.590. The molecule has 0 saturated heterocycles. The van der Waals surface area contributed by atoms with E-state index in [0.717, 1.165) is 107 Å². The van der Waals surface area contributed by atoms with E-state index in [1.165, 1.54) is 48.3 Å². The first-order chi connectivity index (χ1) is 50.4. The van der Waals surface area contributed by atoms with Gasteiger partial charge in [0.15, 0.2) is 8.07 Å². The predicted octanol–water partition coefficient (Wildman–Crippen LogP) is 21.5. The van der Waals surface area contributed by atoms with E-state index >= 15 is 0 Å². The molecule has 15 aromatic rings. The van der Waals surface area contributed by atoms with Crippen LogP contribution in [0.2, 0.25) is 0 Å². The van der Waals surface area contributed by atoms with Crippen molar-refractivity contribution in [1.82, 2.24) is 0 Å². The number of para-hydroxylation sites is 2. The Morgan fingerprint density at radius 1 is 0.252 bits per heavy atom. The number of nitrogens with zero attached hydrogens (tertiary/aromatic N) is 3. The highest BCUT2D eigenvalue weighted by atomic mass is 28.3. The Labute approximate surface area is 609 Å². The quantitative estimate of drug-likeness (QED) is 0.0794. The van der Waals surface area contributed by atoms with Gasteiger partial charge in [-0.05, 0) is 171 Å². The third kappa shape index (κ3) is 11.5. The zero-order chi connectivity index (χ0) is 69.8. The summed E-state index contributed by atoms with van der Waals surface area (Å²) in [5.41, 5.74) is 27.2. The van der Waals surface area contributed by atoms with Crippen LogP contribution in [0.3, 0.4) is 0 Å². The van der Waals surface area contributed by atoms with Crippen LogP contribution in [0, 0.1) is 0 Å². The van der Waals surface area contributed by atoms with E-state index in [4.69, 9.17) is 0 Å². The molecule has 5 heteroatoms. The average Bonchev–Trinajstić information content (AvgIpc) is 0.684. The molecule has 0 radical (unpaired) electrons. The highest BCUT2D eigenvalue weighted by molar-refractivity contribution is 7.20. The largest absolute Gasteiger partial charge is 0.310 e. The van der Waals surface area contributed by atoms with Crippen molar-refractivity contribution in [3.8, 4) is 55.6 Å². The third-order valence-corrected chi connectivity index (χ3v) is 26.0. The van der Waals surface area contributed by atoms with Crippen LogP contribution in [0.25, 0.3) is 55.6 Å². The van der Waals surface area contributed by atoms with Crippen LogP contribution in [0.5, 0.6) is 0 Å². The van der Waals surface area contributed by atoms with Gasteiger partial charge in [0.05, 0.1) is 11.4 Å². The second-order valence-corrected chi connectivity index (χ2v) is 33.4. The molecule has 15 aromatic carbocycles. The topological polar surface area (TPSA) is 9.72 Å². The van der Waals surface area contributed by atoms with Crippen molar-refractivity contribution in [3.63, 3.8) is 0 Å². The fourth-order valence-corrected chi connectivity index (χ4v) is 21.1. The lowest BCUT2D eigenvalue weighted by atomic mass is 9.33. The van der Waals surface area contributed by atoms with Crippen LogP contribution in [0.1, 0.15) is 52.7 Å². The Kier molecular flexibility index (Phi) is 16.6. The molecule has 0 aliphatic carbocycles. The van der Waals surface area contributed by atoms with Gasteiger partial charge in [0, 0.05) is 62.1 Å². The molecular weight excluding hydrogens is 1260 g/mol. The Bertz CT molecular complexity index is 5300. The van der Waals surface area contributed by atoms with Crippen molar-refractivity contribution in [2.24, 2.45) is 0 Å². The molecule has 494 valence electrons. The summed E-state index contributed by atoms with van der Waals surface area (Å²) < 4.78 is 0. The van der Waals surface area contributed by atoms with Crippen LogP contribution < -0.4 is 51.8 Å². The number of hydrogen-bond donors (Lipinski definition) is 0. The Balaban J connectivity index is 1.09. The normalized spacial score (nSPS) is 12.5. The number of rotatable bonds is 14. The molecular formula is C98H80BN3Si. The van der Waals surface area contributed by atoms with Crippen LogP contribution in [0.4, 0.5) is 51.2 Å². The summed E-state index contributed by atoms with van der Waals surface area (Å²) in [7, 11) is -3.20. The molecule has 0 saturated carbocycles. The van der Waals surface area contributed by atoms with E-state index in [-0.39, 0.29) is 17.5 Å². The molecule has 17 rings (SSSR count). The minimum Gasteiger partial charge on any atom is -0.310 e. The first-order valence-electron chi connectivity index (χ1n) is 36.2. The highest BCUT2D eigenvalue weighted by Crippen LogP contribution is 2.55. The number of anilines is 9. The third-order valence-electron chi connectivity index (χ3n) is 21.2. The highest BCUT2D eigenvalue weighted by Gasteiger charge is 2.49. The van der Waals surface area contributed by atoms with Gasteiger partial charge in [0.25, 0.3) is 6.71 Å². The number of benzene rings is 15. The van der Waals surface area contributed by atoms with E-state index in [0.29, 0.717) is 0 Å². The molecule has 0 N–H and O–H groups in total. The first kappa shape index (κ1) is 64.4. The second kappa shape index (κ2) is 26.5. The van der Waals surface area contributed by atoms with Gasteiger partial charge in [0.1, 0.15) is 0 Å². The van der Waals surface area contributed by atoms with Crippen molar-refractivity contribution >= 4 is 103 Å². The van der Waals surface area contributed by atoms with Gasteiger partial charge in [-0.1, -0.05) is 339 Å². The Morgan fingerprint density at radius 3 is 0.942 bits per heavy atom. The lowest BCUT2D eigenvalue weighted by Crippen LogP contribution is -2.75. The fraction of sp³-hybridized carbons (Fsp3) is 0.0816. The van der Waals surface area contributed by atoms with Crippen molar-refractivity contribution in [2.45, 2.75) is 52.4 Å². The summed E-state index contributed by atoms with van der Waals surface area (Å²) in [5, 5.41) is 5.29. The van der Waals surface area contributed by atoms with Gasteiger partial charge in [-0.3, -0.25) is 0 Å². The van der Waals surface area contributed by atoms with Gasteiger partial charge in [-0.15, -0.1) is 0 Å². The minimum atomic E-state index is -3.20. The molecule has 0 unspecified atom stereocenters. The maximum Gasteiger partial charge on any atom is 0.252 e. The minimum absolute atomic E-state index is 0.201. The lowest BCUT2D eigenvalue weighted by Gasteiger charge is -2.47. The second-order valence-electron chi connectivity index (χ2n) is 29.6. The molecule has 0 amide bonds. The molecule has 0 aromatic heterocycles. The van der Waals surface area contributed by atoms with Gasteiger partial charge in [-0.25, -0.2) is 0 Å². The molecule has 0 spiro atoms. The van der Waals surface area contributed by atoms with Crippen molar-refractivity contribution < 1.29 is 0 Å². The van der Waals surface area contributed by atoms with E-state index in [9.17, 15) is 0 Å². The molecule has 103 heavy (non-hydrogen) atoms. The van der Waals surface area contributed by atoms with Crippen LogP contribution in [0.15, 0.2) is 376 Å². The Morgan fingerprint density at radius 2 is 0.583 bits per heavy atom. The van der Waals surface area contributed by atoms with Gasteiger partial charge in [-0.2, -0.15) is 0 Å². The maximum atomic E-state index is 2.72. The summed E-state index contributed by atoms with van der Waals surface area (Å²) in [4.78, 5) is 7.87. The standard InChI is InChI=1S/C98H80BN3Si/c1-97(2,3)75-63-84(70-39-19-8-20-40-70)95(85(64-75)71-41-21-9-22-42-71)101-90-60-58-83(103(80-51-31-14-32-52-80,81-53-33-15-34-54-81)82-55-35-16-36-56-82)68-89(90)99-88-59-57-79(100(77-47-27-12-28-48-77)78-49-29-13-30-50-78)67-91(88)102(93-62-74(61-92(101)94(93)99)69-37-17-7-18-38-69)96-86(72-43-23-10-24-44-72)65-76(98(4,5)6)66-87(96)73-45-25-11-26-46-73/h7-68H,1-6H3.